The molecule has 0 atom stereocenters. The van der Waals surface area contributed by atoms with E-state index in [2.05, 4.69) is 15.6 Å². The largest absolute Gasteiger partial charge is 0.355 e. The Kier molecular flexibility index (Phi) is 5.11. The first-order valence-corrected chi connectivity index (χ1v) is 7.62. The minimum Gasteiger partial charge on any atom is -0.355 e. The van der Waals surface area contributed by atoms with E-state index >= 15 is 0 Å². The predicted molar refractivity (Wildman–Crippen MR) is 87.2 cm³/mol. The number of nitrogens with one attached hydrogen (secondary N) is 2. The van der Waals surface area contributed by atoms with Gasteiger partial charge in [-0.15, -0.1) is 11.3 Å². The number of nitrogens with zero attached hydrogens (tertiary/aromatic N) is 2. The van der Waals surface area contributed by atoms with Crippen molar-refractivity contribution in [3.05, 3.63) is 45.9 Å². The summed E-state index contributed by atoms with van der Waals surface area (Å²) in [6.45, 7) is 2.31. The van der Waals surface area contributed by atoms with Crippen LogP contribution in [0, 0.1) is 6.92 Å². The molecule has 0 aliphatic rings. The molecule has 6 nitrogen and oxygen atoms in total. The zero-order valence-corrected chi connectivity index (χ0v) is 13.5. The number of aryl methyl sites for hydroxylation is 1. The van der Waals surface area contributed by atoms with Crippen LogP contribution in [0.5, 0.6) is 0 Å². The van der Waals surface area contributed by atoms with Crippen molar-refractivity contribution in [3.63, 3.8) is 0 Å². The maximum Gasteiger partial charge on any atom is 0.321 e. The Bertz CT molecular complexity index is 670. The highest BCUT2D eigenvalue weighted by Gasteiger charge is 2.13. The highest BCUT2D eigenvalue weighted by molar-refractivity contribution is 7.09. The van der Waals surface area contributed by atoms with Crippen LogP contribution < -0.4 is 10.6 Å². The van der Waals surface area contributed by atoms with Crippen LogP contribution in [-0.4, -0.2) is 35.9 Å². The Morgan fingerprint density at radius 1 is 1.36 bits per heavy atom. The Hall–Kier alpha value is -2.41. The number of carbonyl (C=O) groups is 2. The molecule has 2 rings (SSSR count). The van der Waals surface area contributed by atoms with Gasteiger partial charge in [-0.1, -0.05) is 0 Å². The van der Waals surface area contributed by atoms with E-state index in [9.17, 15) is 9.59 Å². The molecular weight excluding hydrogens is 300 g/mol. The van der Waals surface area contributed by atoms with Gasteiger partial charge in [0.15, 0.2) is 0 Å². The van der Waals surface area contributed by atoms with E-state index in [4.69, 9.17) is 0 Å². The molecule has 0 aliphatic carbocycles. The van der Waals surface area contributed by atoms with Gasteiger partial charge in [-0.3, -0.25) is 4.79 Å². The number of rotatable bonds is 4. The fourth-order valence-corrected chi connectivity index (χ4v) is 2.57. The molecule has 0 fully saturated rings. The van der Waals surface area contributed by atoms with Gasteiger partial charge in [0, 0.05) is 36.9 Å². The predicted octanol–water partition coefficient (Wildman–Crippen LogP) is 2.48. The molecule has 0 aliphatic heterocycles. The molecule has 3 amide bonds. The van der Waals surface area contributed by atoms with Gasteiger partial charge in [-0.05, 0) is 30.7 Å². The Morgan fingerprint density at radius 3 is 2.73 bits per heavy atom. The van der Waals surface area contributed by atoms with Crippen LogP contribution in [0.15, 0.2) is 29.8 Å². The quantitative estimate of drug-likeness (QED) is 0.909. The number of hydrogen-bond donors (Lipinski definition) is 2. The average molecular weight is 318 g/mol. The smallest absolute Gasteiger partial charge is 0.321 e. The zero-order chi connectivity index (χ0) is 16.1. The number of thiazole rings is 1. The molecule has 1 aromatic carbocycles. The topological polar surface area (TPSA) is 74.3 Å². The Labute approximate surface area is 133 Å². The first-order valence-electron chi connectivity index (χ1n) is 6.74. The third-order valence-electron chi connectivity index (χ3n) is 3.16. The molecule has 0 radical (unpaired) electrons. The van der Waals surface area contributed by atoms with Crippen molar-refractivity contribution >= 4 is 29.0 Å². The van der Waals surface area contributed by atoms with Gasteiger partial charge in [-0.2, -0.15) is 0 Å². The molecule has 2 aromatic rings. The molecule has 1 aromatic heterocycles. The SMILES string of the molecule is CNC(=O)c1ccc(NC(=O)N(C)Cc2nccs2)c(C)c1. The molecule has 116 valence electrons. The van der Waals surface area contributed by atoms with Crippen LogP contribution in [0.3, 0.4) is 0 Å². The zero-order valence-electron chi connectivity index (χ0n) is 12.7. The minimum atomic E-state index is -0.217. The van der Waals surface area contributed by atoms with Crippen LogP contribution >= 0.6 is 11.3 Å². The maximum atomic E-state index is 12.2. The summed E-state index contributed by atoms with van der Waals surface area (Å²) in [6.07, 6.45) is 1.72. The van der Waals surface area contributed by atoms with Crippen molar-refractivity contribution in [1.29, 1.82) is 0 Å². The molecule has 0 saturated heterocycles. The van der Waals surface area contributed by atoms with Gasteiger partial charge in [0.2, 0.25) is 0 Å². The number of benzene rings is 1. The lowest BCUT2D eigenvalue weighted by molar-refractivity contribution is 0.0963. The summed E-state index contributed by atoms with van der Waals surface area (Å²) >= 11 is 1.51. The monoisotopic (exact) mass is 318 g/mol. The second-order valence-corrected chi connectivity index (χ2v) is 5.80. The van der Waals surface area contributed by atoms with Crippen molar-refractivity contribution in [2.45, 2.75) is 13.5 Å². The van der Waals surface area contributed by atoms with Crippen LogP contribution in [0.25, 0.3) is 0 Å². The summed E-state index contributed by atoms with van der Waals surface area (Å²) in [6, 6.07) is 4.94. The third kappa shape index (κ3) is 3.82. The van der Waals surface area contributed by atoms with E-state index in [0.717, 1.165) is 10.6 Å². The molecule has 0 bridgehead atoms. The molecule has 0 saturated carbocycles. The van der Waals surface area contributed by atoms with Crippen molar-refractivity contribution < 1.29 is 9.59 Å². The molecule has 2 N–H and O–H groups in total. The van der Waals surface area contributed by atoms with E-state index in [1.807, 2.05) is 12.3 Å². The summed E-state index contributed by atoms with van der Waals surface area (Å²) in [5.74, 6) is -0.151. The highest BCUT2D eigenvalue weighted by Crippen LogP contribution is 2.17. The minimum absolute atomic E-state index is 0.151. The second-order valence-electron chi connectivity index (χ2n) is 4.82. The second kappa shape index (κ2) is 7.04. The third-order valence-corrected chi connectivity index (χ3v) is 3.92. The Balaban J connectivity index is 2.03. The summed E-state index contributed by atoms with van der Waals surface area (Å²) in [5.41, 5.74) is 2.08. The van der Waals surface area contributed by atoms with Gasteiger partial charge in [-0.25, -0.2) is 9.78 Å². The molecular formula is C15H18N4O2S. The normalized spacial score (nSPS) is 10.1. The lowest BCUT2D eigenvalue weighted by Gasteiger charge is -2.18. The average Bonchev–Trinajstić information content (AvgIpc) is 3.01. The van der Waals surface area contributed by atoms with Crippen LogP contribution in [0.4, 0.5) is 10.5 Å². The van der Waals surface area contributed by atoms with Gasteiger partial charge in [0.1, 0.15) is 5.01 Å². The number of aromatic nitrogens is 1. The number of carbonyl (C=O) groups excluding carboxylic acids is 2. The van der Waals surface area contributed by atoms with Gasteiger partial charge < -0.3 is 15.5 Å². The molecule has 0 spiro atoms. The fraction of sp³-hybridized carbons (Fsp3) is 0.267. The van der Waals surface area contributed by atoms with Crippen LogP contribution in [0.2, 0.25) is 0 Å². The van der Waals surface area contributed by atoms with E-state index < -0.39 is 0 Å². The number of anilines is 1. The van der Waals surface area contributed by atoms with E-state index in [-0.39, 0.29) is 11.9 Å². The van der Waals surface area contributed by atoms with Gasteiger partial charge in [0.05, 0.1) is 6.54 Å². The number of hydrogen-bond acceptors (Lipinski definition) is 4. The molecule has 22 heavy (non-hydrogen) atoms. The van der Waals surface area contributed by atoms with Gasteiger partial charge in [0.25, 0.3) is 5.91 Å². The van der Waals surface area contributed by atoms with Crippen molar-refractivity contribution in [1.82, 2.24) is 15.2 Å². The van der Waals surface area contributed by atoms with Crippen molar-refractivity contribution in [3.8, 4) is 0 Å². The summed E-state index contributed by atoms with van der Waals surface area (Å²) in [4.78, 5) is 29.5. The summed E-state index contributed by atoms with van der Waals surface area (Å²) < 4.78 is 0. The van der Waals surface area contributed by atoms with Crippen molar-refractivity contribution in [2.24, 2.45) is 0 Å². The fourth-order valence-electron chi connectivity index (χ4n) is 1.91. The van der Waals surface area contributed by atoms with Crippen molar-refractivity contribution in [2.75, 3.05) is 19.4 Å². The molecule has 0 unspecified atom stereocenters. The first-order chi connectivity index (χ1) is 10.5. The lowest BCUT2D eigenvalue weighted by atomic mass is 10.1. The Morgan fingerprint density at radius 2 is 2.14 bits per heavy atom. The standard InChI is InChI=1S/C15H18N4O2S/c1-10-8-11(14(20)16-2)4-5-12(10)18-15(21)19(3)9-13-17-6-7-22-13/h4-8H,9H2,1-3H3,(H,16,20)(H,18,21). The first kappa shape index (κ1) is 16.0. The van der Waals surface area contributed by atoms with E-state index in [1.54, 1.807) is 43.4 Å². The molecule has 1 heterocycles. The van der Waals surface area contributed by atoms with Gasteiger partial charge >= 0.3 is 6.03 Å². The lowest BCUT2D eigenvalue weighted by Crippen LogP contribution is -2.31. The number of amides is 3. The van der Waals surface area contributed by atoms with Crippen LogP contribution in [0.1, 0.15) is 20.9 Å². The summed E-state index contributed by atoms with van der Waals surface area (Å²) in [5, 5.41) is 8.17. The highest BCUT2D eigenvalue weighted by atomic mass is 32.1. The molecule has 7 heteroatoms. The summed E-state index contributed by atoms with van der Waals surface area (Å²) in [7, 11) is 3.30. The van der Waals surface area contributed by atoms with Crippen LogP contribution in [-0.2, 0) is 6.54 Å². The van der Waals surface area contributed by atoms with E-state index in [1.165, 1.54) is 11.3 Å². The number of urea groups is 1. The van der Waals surface area contributed by atoms with E-state index in [0.29, 0.717) is 17.8 Å². The maximum absolute atomic E-state index is 12.2.